The molecule has 4 rings (SSSR count). The molecular formula is C19H29N5O2. The highest BCUT2D eigenvalue weighted by atomic mass is 16.2. The molecule has 0 unspecified atom stereocenters. The molecule has 3 aliphatic rings. The van der Waals surface area contributed by atoms with Gasteiger partial charge in [0.1, 0.15) is 0 Å². The number of piperidine rings is 1. The molecule has 0 atom stereocenters. The van der Waals surface area contributed by atoms with E-state index in [4.69, 9.17) is 0 Å². The second kappa shape index (κ2) is 7.68. The minimum Gasteiger partial charge on any atom is -0.337 e. The Morgan fingerprint density at radius 3 is 2.50 bits per heavy atom. The van der Waals surface area contributed by atoms with Crippen LogP contribution in [0.15, 0.2) is 6.07 Å². The average molecular weight is 359 g/mol. The second-order valence-corrected chi connectivity index (χ2v) is 7.80. The molecule has 2 fully saturated rings. The predicted octanol–water partition coefficient (Wildman–Crippen LogP) is 2.11. The zero-order valence-corrected chi connectivity index (χ0v) is 15.5. The van der Waals surface area contributed by atoms with E-state index >= 15 is 0 Å². The number of hydrogen-bond donors (Lipinski definition) is 1. The first-order chi connectivity index (χ1) is 12.7. The highest BCUT2D eigenvalue weighted by Gasteiger charge is 2.30. The first-order valence-electron chi connectivity index (χ1n) is 10.1. The summed E-state index contributed by atoms with van der Waals surface area (Å²) in [5.41, 5.74) is 1.96. The Balaban J connectivity index is 1.35. The Bertz CT molecular complexity index is 661. The third-order valence-electron chi connectivity index (χ3n) is 5.89. The number of fused-ring (bicyclic) bond motifs is 1. The summed E-state index contributed by atoms with van der Waals surface area (Å²) in [5.74, 6) is 0.554. The molecule has 1 N–H and O–H groups in total. The number of rotatable bonds is 3. The summed E-state index contributed by atoms with van der Waals surface area (Å²) >= 11 is 0. The number of amides is 3. The molecule has 1 aromatic rings. The molecule has 3 heterocycles. The van der Waals surface area contributed by atoms with Crippen molar-refractivity contribution in [3.05, 3.63) is 17.5 Å². The van der Waals surface area contributed by atoms with Crippen molar-refractivity contribution in [2.24, 2.45) is 5.92 Å². The molecule has 3 amide bonds. The van der Waals surface area contributed by atoms with Crippen molar-refractivity contribution in [3.8, 4) is 0 Å². The Kier molecular flexibility index (Phi) is 5.13. The summed E-state index contributed by atoms with van der Waals surface area (Å²) in [6.45, 7) is 4.45. The number of likely N-dealkylation sites (tertiary alicyclic amines) is 1. The van der Waals surface area contributed by atoms with Crippen LogP contribution >= 0.6 is 0 Å². The normalized spacial score (nSPS) is 20.9. The molecule has 0 spiro atoms. The summed E-state index contributed by atoms with van der Waals surface area (Å²) in [4.78, 5) is 28.7. The van der Waals surface area contributed by atoms with Crippen LogP contribution < -0.4 is 5.32 Å². The Morgan fingerprint density at radius 2 is 1.77 bits per heavy atom. The van der Waals surface area contributed by atoms with Crippen molar-refractivity contribution < 1.29 is 9.59 Å². The average Bonchev–Trinajstić information content (AvgIpc) is 2.89. The SMILES string of the molecule is O=C(NCc1cc2n(n1)CCCN(C(=O)C1CCC1)C2)N1CCCCC1. The zero-order chi connectivity index (χ0) is 17.9. The lowest BCUT2D eigenvalue weighted by atomic mass is 9.84. The van der Waals surface area contributed by atoms with Crippen LogP contribution in [0.5, 0.6) is 0 Å². The lowest BCUT2D eigenvalue weighted by Crippen LogP contribution is -2.42. The van der Waals surface area contributed by atoms with Crippen molar-refractivity contribution in [2.45, 2.75) is 64.6 Å². The first kappa shape index (κ1) is 17.4. The van der Waals surface area contributed by atoms with Gasteiger partial charge in [-0.1, -0.05) is 6.42 Å². The van der Waals surface area contributed by atoms with Crippen molar-refractivity contribution in [1.29, 1.82) is 0 Å². The van der Waals surface area contributed by atoms with E-state index in [0.717, 1.165) is 69.7 Å². The summed E-state index contributed by atoms with van der Waals surface area (Å²) in [6, 6.07) is 2.05. The van der Waals surface area contributed by atoms with Crippen LogP contribution in [0.3, 0.4) is 0 Å². The van der Waals surface area contributed by atoms with Gasteiger partial charge in [-0.05, 0) is 44.6 Å². The molecule has 0 radical (unpaired) electrons. The lowest BCUT2D eigenvalue weighted by Gasteiger charge is -2.30. The Labute approximate surface area is 154 Å². The van der Waals surface area contributed by atoms with Crippen molar-refractivity contribution in [2.75, 3.05) is 19.6 Å². The third-order valence-corrected chi connectivity index (χ3v) is 5.89. The van der Waals surface area contributed by atoms with E-state index < -0.39 is 0 Å². The van der Waals surface area contributed by atoms with Gasteiger partial charge in [-0.25, -0.2) is 4.79 Å². The van der Waals surface area contributed by atoms with Gasteiger partial charge >= 0.3 is 6.03 Å². The van der Waals surface area contributed by atoms with Crippen molar-refractivity contribution in [1.82, 2.24) is 24.9 Å². The third kappa shape index (κ3) is 3.71. The molecule has 1 aromatic heterocycles. The quantitative estimate of drug-likeness (QED) is 0.899. The predicted molar refractivity (Wildman–Crippen MR) is 97.3 cm³/mol. The summed E-state index contributed by atoms with van der Waals surface area (Å²) in [6.07, 6.45) is 7.61. The van der Waals surface area contributed by atoms with Crippen LogP contribution in [0.25, 0.3) is 0 Å². The van der Waals surface area contributed by atoms with Gasteiger partial charge in [0.05, 0.1) is 24.5 Å². The van der Waals surface area contributed by atoms with Gasteiger partial charge < -0.3 is 15.1 Å². The molecule has 7 nitrogen and oxygen atoms in total. The molecule has 0 bridgehead atoms. The van der Waals surface area contributed by atoms with Gasteiger partial charge in [-0.3, -0.25) is 9.48 Å². The van der Waals surface area contributed by atoms with E-state index in [1.165, 1.54) is 12.8 Å². The number of nitrogens with zero attached hydrogens (tertiary/aromatic N) is 4. The van der Waals surface area contributed by atoms with Gasteiger partial charge in [0.2, 0.25) is 5.91 Å². The maximum atomic E-state index is 12.6. The highest BCUT2D eigenvalue weighted by molar-refractivity contribution is 5.79. The largest absolute Gasteiger partial charge is 0.337 e. The number of aromatic nitrogens is 2. The molecule has 1 saturated carbocycles. The van der Waals surface area contributed by atoms with Gasteiger partial charge in [0.15, 0.2) is 0 Å². The van der Waals surface area contributed by atoms with E-state index in [1.54, 1.807) is 0 Å². The van der Waals surface area contributed by atoms with Gasteiger partial charge in [-0.2, -0.15) is 5.10 Å². The first-order valence-corrected chi connectivity index (χ1v) is 10.1. The van der Waals surface area contributed by atoms with E-state index in [1.807, 2.05) is 20.5 Å². The fourth-order valence-corrected chi connectivity index (χ4v) is 4.08. The smallest absolute Gasteiger partial charge is 0.317 e. The number of hydrogen-bond acceptors (Lipinski definition) is 3. The second-order valence-electron chi connectivity index (χ2n) is 7.80. The van der Waals surface area contributed by atoms with Crippen LogP contribution in [0.4, 0.5) is 4.79 Å². The monoisotopic (exact) mass is 359 g/mol. The zero-order valence-electron chi connectivity index (χ0n) is 15.5. The summed E-state index contributed by atoms with van der Waals surface area (Å²) in [7, 11) is 0. The summed E-state index contributed by atoms with van der Waals surface area (Å²) < 4.78 is 2.01. The number of carbonyl (C=O) groups is 2. The maximum Gasteiger partial charge on any atom is 0.317 e. The molecule has 1 saturated heterocycles. The maximum absolute atomic E-state index is 12.6. The lowest BCUT2D eigenvalue weighted by molar-refractivity contribution is -0.138. The highest BCUT2D eigenvalue weighted by Crippen LogP contribution is 2.29. The number of urea groups is 1. The molecule has 7 heteroatoms. The standard InChI is InChI=1S/C19H29N5O2/c25-18(15-6-4-7-15)23-10-5-11-24-17(14-23)12-16(21-24)13-20-19(26)22-8-2-1-3-9-22/h12,15H,1-11,13-14H2,(H,20,26). The molecule has 142 valence electrons. The summed E-state index contributed by atoms with van der Waals surface area (Å²) in [5, 5.41) is 7.64. The van der Waals surface area contributed by atoms with Crippen LogP contribution in [0.1, 0.15) is 56.3 Å². The topological polar surface area (TPSA) is 70.5 Å². The fraction of sp³-hybridized carbons (Fsp3) is 0.737. The van der Waals surface area contributed by atoms with Crippen LogP contribution in [0.2, 0.25) is 0 Å². The molecule has 1 aliphatic carbocycles. The number of carbonyl (C=O) groups excluding carboxylic acids is 2. The minimum atomic E-state index is 0.00896. The van der Waals surface area contributed by atoms with Crippen LogP contribution in [-0.4, -0.2) is 51.2 Å². The van der Waals surface area contributed by atoms with Gasteiger partial charge in [0.25, 0.3) is 0 Å². The van der Waals surface area contributed by atoms with Crippen LogP contribution in [0, 0.1) is 5.92 Å². The van der Waals surface area contributed by atoms with E-state index in [2.05, 4.69) is 10.4 Å². The van der Waals surface area contributed by atoms with Gasteiger partial charge in [-0.15, -0.1) is 0 Å². The van der Waals surface area contributed by atoms with E-state index in [9.17, 15) is 9.59 Å². The fourth-order valence-electron chi connectivity index (χ4n) is 4.08. The molecule has 2 aliphatic heterocycles. The molecular weight excluding hydrogens is 330 g/mol. The van der Waals surface area contributed by atoms with E-state index in [-0.39, 0.29) is 11.9 Å². The van der Waals surface area contributed by atoms with Crippen molar-refractivity contribution in [3.63, 3.8) is 0 Å². The minimum absolute atomic E-state index is 0.00896. The number of aryl methyl sites for hydroxylation is 1. The Hall–Kier alpha value is -2.05. The van der Waals surface area contributed by atoms with Crippen LogP contribution in [-0.2, 0) is 24.4 Å². The number of nitrogens with one attached hydrogen (secondary N) is 1. The Morgan fingerprint density at radius 1 is 1.00 bits per heavy atom. The van der Waals surface area contributed by atoms with E-state index in [0.29, 0.717) is 19.0 Å². The van der Waals surface area contributed by atoms with Gasteiger partial charge in [0, 0.05) is 32.1 Å². The molecule has 26 heavy (non-hydrogen) atoms. The molecule has 0 aromatic carbocycles. The van der Waals surface area contributed by atoms with Crippen molar-refractivity contribution >= 4 is 11.9 Å².